The summed E-state index contributed by atoms with van der Waals surface area (Å²) in [5, 5.41) is 3.24. The predicted octanol–water partition coefficient (Wildman–Crippen LogP) is 6.23. The molecule has 262 valence electrons. The van der Waals surface area contributed by atoms with E-state index in [0.29, 0.717) is 46.1 Å². The molecule has 50 heavy (non-hydrogen) atoms. The van der Waals surface area contributed by atoms with Crippen molar-refractivity contribution in [2.45, 2.75) is 69.2 Å². The Morgan fingerprint density at radius 2 is 0.980 bits per heavy atom. The molecule has 6 rings (SSSR count). The van der Waals surface area contributed by atoms with Gasteiger partial charge in [0, 0.05) is 0 Å². The highest BCUT2D eigenvalue weighted by atomic mass is 16.6. The molecule has 8 nitrogen and oxygen atoms in total. The normalized spacial score (nSPS) is 25.5. The van der Waals surface area contributed by atoms with E-state index in [1.165, 1.54) is 0 Å². The van der Waals surface area contributed by atoms with Crippen LogP contribution in [0.4, 0.5) is 0 Å². The van der Waals surface area contributed by atoms with Gasteiger partial charge in [-0.2, -0.15) is 0 Å². The molecule has 1 fully saturated rings. The quantitative estimate of drug-likeness (QED) is 0.189. The molecular formula is C42H47NO7. The zero-order chi connectivity index (χ0) is 34.2. The lowest BCUT2D eigenvalue weighted by Gasteiger charge is -2.46. The summed E-state index contributed by atoms with van der Waals surface area (Å²) >= 11 is 0. The minimum Gasteiger partial charge on any atom is -0.375 e. The summed E-state index contributed by atoms with van der Waals surface area (Å²) in [7, 11) is 0. The Labute approximate surface area is 295 Å². The van der Waals surface area contributed by atoms with Crippen molar-refractivity contribution in [2.24, 2.45) is 0 Å². The standard InChI is InChI=1S/C42H47NO7/c44-39-26-37-40(47-27-33-17-7-2-8-18-33)42(49-29-35-21-11-4-12-22-35)41(48-28-34-19-9-3-10-20-34)38(50-37)31-46-24-14-13-23-45-30-36(43-39)25-32-15-5-1-6-16-32/h1-22,36-38,40-42H,23-31H2,(H,43,44)/b14-13+/t36-,37+,38+,40-,41+,42+/m0/s1. The van der Waals surface area contributed by atoms with Crippen LogP contribution in [0, 0.1) is 0 Å². The van der Waals surface area contributed by atoms with Gasteiger partial charge in [-0.25, -0.2) is 0 Å². The fourth-order valence-electron chi connectivity index (χ4n) is 6.37. The van der Waals surface area contributed by atoms with Crippen LogP contribution in [0.2, 0.25) is 0 Å². The van der Waals surface area contributed by atoms with Crippen LogP contribution in [0.15, 0.2) is 133 Å². The molecule has 0 saturated carbocycles. The van der Waals surface area contributed by atoms with Crippen LogP contribution in [-0.4, -0.2) is 68.9 Å². The maximum Gasteiger partial charge on any atom is 0.223 e. The van der Waals surface area contributed by atoms with Gasteiger partial charge >= 0.3 is 0 Å². The number of carbonyl (C=O) groups is 1. The molecule has 2 aliphatic rings. The average molecular weight is 678 g/mol. The summed E-state index contributed by atoms with van der Waals surface area (Å²) in [5.74, 6) is -0.150. The second-order valence-corrected chi connectivity index (χ2v) is 12.7. The topological polar surface area (TPSA) is 84.5 Å². The molecule has 2 bridgehead atoms. The molecule has 0 aromatic heterocycles. The minimum atomic E-state index is -0.636. The second kappa shape index (κ2) is 19.3. The Morgan fingerprint density at radius 1 is 0.540 bits per heavy atom. The van der Waals surface area contributed by atoms with E-state index in [4.69, 9.17) is 28.4 Å². The molecule has 4 aromatic carbocycles. The molecule has 6 atom stereocenters. The van der Waals surface area contributed by atoms with E-state index < -0.39 is 30.5 Å². The molecule has 2 heterocycles. The van der Waals surface area contributed by atoms with Gasteiger partial charge < -0.3 is 33.7 Å². The first-order valence-corrected chi connectivity index (χ1v) is 17.5. The molecule has 2 aliphatic heterocycles. The van der Waals surface area contributed by atoms with E-state index in [2.05, 4.69) is 17.4 Å². The van der Waals surface area contributed by atoms with Crippen LogP contribution >= 0.6 is 0 Å². The van der Waals surface area contributed by atoms with Gasteiger partial charge in [0.25, 0.3) is 0 Å². The molecule has 4 aromatic rings. The molecular weight excluding hydrogens is 630 g/mol. The number of benzene rings is 4. The molecule has 8 heteroatoms. The fourth-order valence-corrected chi connectivity index (χ4v) is 6.37. The van der Waals surface area contributed by atoms with Crippen molar-refractivity contribution in [1.82, 2.24) is 5.32 Å². The van der Waals surface area contributed by atoms with E-state index in [9.17, 15) is 4.79 Å². The Morgan fingerprint density at radius 3 is 1.50 bits per heavy atom. The van der Waals surface area contributed by atoms with Crippen LogP contribution in [0.25, 0.3) is 0 Å². The predicted molar refractivity (Wildman–Crippen MR) is 191 cm³/mol. The maximum atomic E-state index is 13.9. The third-order valence-electron chi connectivity index (χ3n) is 8.86. The third kappa shape index (κ3) is 10.9. The second-order valence-electron chi connectivity index (χ2n) is 12.7. The van der Waals surface area contributed by atoms with Gasteiger partial charge in [0.2, 0.25) is 5.91 Å². The van der Waals surface area contributed by atoms with Crippen molar-refractivity contribution in [3.8, 4) is 0 Å². The molecule has 0 unspecified atom stereocenters. The van der Waals surface area contributed by atoms with Gasteiger partial charge in [-0.05, 0) is 28.7 Å². The van der Waals surface area contributed by atoms with Crippen molar-refractivity contribution < 1.29 is 33.2 Å². The Kier molecular flexibility index (Phi) is 13.8. The van der Waals surface area contributed by atoms with Crippen LogP contribution < -0.4 is 5.32 Å². The smallest absolute Gasteiger partial charge is 0.223 e. The monoisotopic (exact) mass is 677 g/mol. The van der Waals surface area contributed by atoms with Crippen LogP contribution in [0.5, 0.6) is 0 Å². The first-order chi connectivity index (χ1) is 24.7. The number of fused-ring (bicyclic) bond motifs is 2. The molecule has 1 saturated heterocycles. The lowest BCUT2D eigenvalue weighted by molar-refractivity contribution is -0.271. The Bertz CT molecular complexity index is 1570. The van der Waals surface area contributed by atoms with Crippen LogP contribution in [-0.2, 0) is 59.5 Å². The highest BCUT2D eigenvalue weighted by Gasteiger charge is 2.49. The van der Waals surface area contributed by atoms with Gasteiger partial charge in [0.15, 0.2) is 0 Å². The van der Waals surface area contributed by atoms with E-state index in [1.54, 1.807) is 0 Å². The lowest BCUT2D eigenvalue weighted by Crippen LogP contribution is -2.62. The third-order valence-corrected chi connectivity index (χ3v) is 8.86. The van der Waals surface area contributed by atoms with Gasteiger partial charge in [-0.1, -0.05) is 133 Å². The zero-order valence-corrected chi connectivity index (χ0v) is 28.4. The largest absolute Gasteiger partial charge is 0.375 e. The van der Waals surface area contributed by atoms with E-state index in [1.807, 2.05) is 121 Å². The number of rotatable bonds is 11. The highest BCUT2D eigenvalue weighted by Crippen LogP contribution is 2.32. The summed E-state index contributed by atoms with van der Waals surface area (Å²) in [5.41, 5.74) is 4.18. The summed E-state index contributed by atoms with van der Waals surface area (Å²) < 4.78 is 39.1. The zero-order valence-electron chi connectivity index (χ0n) is 28.4. The van der Waals surface area contributed by atoms with E-state index >= 15 is 0 Å². The van der Waals surface area contributed by atoms with Crippen molar-refractivity contribution in [3.63, 3.8) is 0 Å². The number of carbonyl (C=O) groups excluding carboxylic acids is 1. The Balaban J connectivity index is 1.30. The average Bonchev–Trinajstić information content (AvgIpc) is 3.16. The highest BCUT2D eigenvalue weighted by molar-refractivity contribution is 5.77. The van der Waals surface area contributed by atoms with E-state index in [0.717, 1.165) is 22.3 Å². The van der Waals surface area contributed by atoms with Gasteiger partial charge in [-0.3, -0.25) is 4.79 Å². The Hall–Kier alpha value is -4.15. The SMILES string of the molecule is O=C1C[C@H]2O[C@H](COC/C=C/COC[C@H](Cc3ccccc3)N1)[C@@H](OCc1ccccc1)[C@H](OCc1ccccc1)[C@H]2OCc1ccccc1. The van der Waals surface area contributed by atoms with E-state index in [-0.39, 0.29) is 25.0 Å². The number of amides is 1. The van der Waals surface area contributed by atoms with Crippen molar-refractivity contribution in [3.05, 3.63) is 156 Å². The minimum absolute atomic E-state index is 0.0656. The van der Waals surface area contributed by atoms with Gasteiger partial charge in [0.05, 0.1) is 64.8 Å². The maximum absolute atomic E-state index is 13.9. The first-order valence-electron chi connectivity index (χ1n) is 17.5. The first kappa shape index (κ1) is 35.7. The summed E-state index contributed by atoms with van der Waals surface area (Å²) in [6.45, 7) is 2.43. The summed E-state index contributed by atoms with van der Waals surface area (Å²) in [4.78, 5) is 13.9. The number of hydrogen-bond acceptors (Lipinski definition) is 7. The van der Waals surface area contributed by atoms with Crippen LogP contribution in [0.3, 0.4) is 0 Å². The van der Waals surface area contributed by atoms with Crippen molar-refractivity contribution in [1.29, 1.82) is 0 Å². The van der Waals surface area contributed by atoms with Gasteiger partial charge in [0.1, 0.15) is 24.4 Å². The molecule has 0 spiro atoms. The van der Waals surface area contributed by atoms with Crippen molar-refractivity contribution >= 4 is 5.91 Å². The lowest BCUT2D eigenvalue weighted by atomic mass is 9.92. The van der Waals surface area contributed by atoms with Gasteiger partial charge in [-0.15, -0.1) is 0 Å². The van der Waals surface area contributed by atoms with Crippen LogP contribution in [0.1, 0.15) is 28.7 Å². The molecule has 0 aliphatic carbocycles. The summed E-state index contributed by atoms with van der Waals surface area (Å²) in [6, 6.07) is 40.0. The molecule has 1 amide bonds. The number of ether oxygens (including phenoxy) is 6. The molecule has 1 N–H and O–H groups in total. The molecule has 0 radical (unpaired) electrons. The number of hydrogen-bond donors (Lipinski definition) is 1. The summed E-state index contributed by atoms with van der Waals surface area (Å²) in [6.07, 6.45) is 1.68. The fraction of sp³-hybridized carbons (Fsp3) is 0.357. The van der Waals surface area contributed by atoms with Crippen molar-refractivity contribution in [2.75, 3.05) is 26.4 Å². The number of nitrogens with one attached hydrogen (secondary N) is 1.